The molecule has 0 radical (unpaired) electrons. The summed E-state index contributed by atoms with van der Waals surface area (Å²) in [6, 6.07) is 9.35. The molecular weight excluding hydrogens is 382 g/mol. The van der Waals surface area contributed by atoms with E-state index in [9.17, 15) is 4.79 Å². The molecule has 2 heterocycles. The molecule has 0 spiro atoms. The normalized spacial score (nSPS) is 14.2. The van der Waals surface area contributed by atoms with Crippen LogP contribution in [-0.2, 0) is 9.53 Å². The molecule has 1 fully saturated rings. The maximum Gasteiger partial charge on any atom is 0.248 e. The second-order valence-electron chi connectivity index (χ2n) is 7.44. The van der Waals surface area contributed by atoms with Crippen molar-refractivity contribution in [1.29, 1.82) is 0 Å². The van der Waals surface area contributed by atoms with Crippen LogP contribution in [0, 0.1) is 5.92 Å². The average molecular weight is 412 g/mol. The predicted octanol–water partition coefficient (Wildman–Crippen LogP) is 3.61. The highest BCUT2D eigenvalue weighted by Crippen LogP contribution is 2.29. The van der Waals surface area contributed by atoms with Gasteiger partial charge in [0.15, 0.2) is 11.5 Å². The molecule has 3 rings (SSSR count). The number of anilines is 2. The smallest absolute Gasteiger partial charge is 0.248 e. The molecule has 0 bridgehead atoms. The Morgan fingerprint density at radius 2 is 2.03 bits per heavy atom. The summed E-state index contributed by atoms with van der Waals surface area (Å²) in [7, 11) is 1.60. The number of benzene rings is 1. The van der Waals surface area contributed by atoms with Crippen LogP contribution >= 0.6 is 0 Å². The Balaban J connectivity index is 1.57. The Labute approximate surface area is 177 Å². The number of nitrogens with zero attached hydrogens (tertiary/aromatic N) is 2. The van der Waals surface area contributed by atoms with Gasteiger partial charge in [0.1, 0.15) is 5.82 Å². The largest absolute Gasteiger partial charge is 0.493 e. The highest BCUT2D eigenvalue weighted by Gasteiger charge is 2.12. The first kappa shape index (κ1) is 21.6. The molecular formula is C23H29N3O4. The van der Waals surface area contributed by atoms with Gasteiger partial charge in [-0.25, -0.2) is 4.98 Å². The third kappa shape index (κ3) is 6.22. The van der Waals surface area contributed by atoms with Crippen molar-refractivity contribution < 1.29 is 19.0 Å². The van der Waals surface area contributed by atoms with E-state index in [2.05, 4.69) is 29.0 Å². The zero-order valence-electron chi connectivity index (χ0n) is 17.8. The number of hydrogen-bond acceptors (Lipinski definition) is 6. The number of pyridine rings is 1. The molecule has 160 valence electrons. The van der Waals surface area contributed by atoms with Crippen LogP contribution in [0.2, 0.25) is 0 Å². The fourth-order valence-electron chi connectivity index (χ4n) is 2.96. The lowest BCUT2D eigenvalue weighted by Gasteiger charge is -2.27. The first-order chi connectivity index (χ1) is 14.5. The van der Waals surface area contributed by atoms with E-state index in [4.69, 9.17) is 14.2 Å². The van der Waals surface area contributed by atoms with Gasteiger partial charge in [0.2, 0.25) is 5.91 Å². The lowest BCUT2D eigenvalue weighted by atomic mass is 10.2. The molecule has 1 aliphatic rings. The van der Waals surface area contributed by atoms with Crippen LogP contribution < -0.4 is 19.7 Å². The van der Waals surface area contributed by atoms with Crippen LogP contribution in [0.15, 0.2) is 42.6 Å². The van der Waals surface area contributed by atoms with E-state index in [0.717, 1.165) is 24.5 Å². The van der Waals surface area contributed by atoms with Crippen molar-refractivity contribution in [3.05, 3.63) is 48.2 Å². The summed E-state index contributed by atoms with van der Waals surface area (Å²) in [5, 5.41) is 2.83. The minimum Gasteiger partial charge on any atom is -0.493 e. The number of rotatable bonds is 8. The molecule has 0 aliphatic carbocycles. The average Bonchev–Trinajstić information content (AvgIpc) is 2.77. The van der Waals surface area contributed by atoms with E-state index in [1.807, 2.05) is 30.3 Å². The summed E-state index contributed by atoms with van der Waals surface area (Å²) >= 11 is 0. The van der Waals surface area contributed by atoms with Crippen molar-refractivity contribution in [2.75, 3.05) is 50.2 Å². The standard InChI is InChI=1S/C23H29N3O4/c1-17(2)16-30-20-7-4-18(14-21(20)28-3)5-9-23(27)25-19-6-8-22(24-15-19)26-10-12-29-13-11-26/h4-9,14-15,17H,10-13,16H2,1-3H3,(H,25,27)/b9-5+. The van der Waals surface area contributed by atoms with Crippen LogP contribution in [0.1, 0.15) is 19.4 Å². The number of hydrogen-bond donors (Lipinski definition) is 1. The van der Waals surface area contributed by atoms with Gasteiger partial charge >= 0.3 is 0 Å². The number of carbonyl (C=O) groups is 1. The SMILES string of the molecule is COc1cc(/C=C/C(=O)Nc2ccc(N3CCOCC3)nc2)ccc1OCC(C)C. The third-order valence-electron chi connectivity index (χ3n) is 4.54. The number of ether oxygens (including phenoxy) is 3. The van der Waals surface area contributed by atoms with Gasteiger partial charge in [-0.15, -0.1) is 0 Å². The molecule has 1 N–H and O–H groups in total. The fraction of sp³-hybridized carbons (Fsp3) is 0.391. The van der Waals surface area contributed by atoms with Gasteiger partial charge in [0, 0.05) is 19.2 Å². The lowest BCUT2D eigenvalue weighted by Crippen LogP contribution is -2.36. The molecule has 1 aromatic carbocycles. The number of methoxy groups -OCH3 is 1. The van der Waals surface area contributed by atoms with Crippen molar-refractivity contribution in [3.63, 3.8) is 0 Å². The topological polar surface area (TPSA) is 72.9 Å². The lowest BCUT2D eigenvalue weighted by molar-refractivity contribution is -0.111. The number of carbonyl (C=O) groups excluding carboxylic acids is 1. The molecule has 7 nitrogen and oxygen atoms in total. The molecule has 0 atom stereocenters. The molecule has 7 heteroatoms. The zero-order valence-corrected chi connectivity index (χ0v) is 17.8. The van der Waals surface area contributed by atoms with Gasteiger partial charge in [-0.3, -0.25) is 4.79 Å². The number of morpholine rings is 1. The Hall–Kier alpha value is -3.06. The van der Waals surface area contributed by atoms with Crippen LogP contribution in [0.25, 0.3) is 6.08 Å². The highest BCUT2D eigenvalue weighted by atomic mass is 16.5. The molecule has 30 heavy (non-hydrogen) atoms. The zero-order chi connectivity index (χ0) is 21.3. The summed E-state index contributed by atoms with van der Waals surface area (Å²) in [6.45, 7) is 7.87. The van der Waals surface area contributed by atoms with E-state index < -0.39 is 0 Å². The number of nitrogens with one attached hydrogen (secondary N) is 1. The van der Waals surface area contributed by atoms with Crippen molar-refractivity contribution in [2.24, 2.45) is 5.92 Å². The monoisotopic (exact) mass is 411 g/mol. The van der Waals surface area contributed by atoms with Gasteiger partial charge in [0.25, 0.3) is 0 Å². The van der Waals surface area contributed by atoms with Crippen LogP contribution in [0.3, 0.4) is 0 Å². The Kier molecular flexibility index (Phi) is 7.68. The summed E-state index contributed by atoms with van der Waals surface area (Å²) in [5.74, 6) is 2.42. The molecule has 1 aromatic heterocycles. The van der Waals surface area contributed by atoms with Gasteiger partial charge in [0.05, 0.1) is 38.8 Å². The fourth-order valence-corrected chi connectivity index (χ4v) is 2.96. The van der Waals surface area contributed by atoms with Crippen molar-refractivity contribution in [2.45, 2.75) is 13.8 Å². The van der Waals surface area contributed by atoms with Gasteiger partial charge in [-0.1, -0.05) is 19.9 Å². The number of amides is 1. The molecule has 1 aliphatic heterocycles. The quantitative estimate of drug-likeness (QED) is 0.669. The van der Waals surface area contributed by atoms with Crippen molar-refractivity contribution >= 4 is 23.5 Å². The van der Waals surface area contributed by atoms with Crippen LogP contribution in [-0.4, -0.2) is 50.9 Å². The molecule has 2 aromatic rings. The van der Waals surface area contributed by atoms with E-state index in [-0.39, 0.29) is 5.91 Å². The minimum absolute atomic E-state index is 0.227. The van der Waals surface area contributed by atoms with Crippen molar-refractivity contribution in [1.82, 2.24) is 4.98 Å². The summed E-state index contributed by atoms with van der Waals surface area (Å²) in [5.41, 5.74) is 1.50. The molecule has 0 unspecified atom stereocenters. The first-order valence-corrected chi connectivity index (χ1v) is 10.1. The molecule has 0 saturated carbocycles. The van der Waals surface area contributed by atoms with E-state index >= 15 is 0 Å². The Morgan fingerprint density at radius 3 is 2.70 bits per heavy atom. The second kappa shape index (κ2) is 10.6. The second-order valence-corrected chi connectivity index (χ2v) is 7.44. The van der Waals surface area contributed by atoms with Gasteiger partial charge < -0.3 is 24.4 Å². The van der Waals surface area contributed by atoms with Gasteiger partial charge in [-0.2, -0.15) is 0 Å². The summed E-state index contributed by atoms with van der Waals surface area (Å²) in [6.07, 6.45) is 4.89. The van der Waals surface area contributed by atoms with Crippen LogP contribution in [0.4, 0.5) is 11.5 Å². The third-order valence-corrected chi connectivity index (χ3v) is 4.54. The maximum atomic E-state index is 12.3. The number of aromatic nitrogens is 1. The highest BCUT2D eigenvalue weighted by molar-refractivity contribution is 6.01. The van der Waals surface area contributed by atoms with Gasteiger partial charge in [-0.05, 0) is 41.8 Å². The Bertz CT molecular complexity index is 859. The van der Waals surface area contributed by atoms with E-state index in [1.165, 1.54) is 6.08 Å². The predicted molar refractivity (Wildman–Crippen MR) is 118 cm³/mol. The Morgan fingerprint density at radius 1 is 1.23 bits per heavy atom. The van der Waals surface area contributed by atoms with E-state index in [1.54, 1.807) is 19.4 Å². The minimum atomic E-state index is -0.227. The molecule has 1 amide bonds. The summed E-state index contributed by atoms with van der Waals surface area (Å²) < 4.78 is 16.5. The van der Waals surface area contributed by atoms with E-state index in [0.29, 0.717) is 42.9 Å². The summed E-state index contributed by atoms with van der Waals surface area (Å²) in [4.78, 5) is 18.9. The van der Waals surface area contributed by atoms with Crippen molar-refractivity contribution in [3.8, 4) is 11.5 Å². The maximum absolute atomic E-state index is 12.3. The first-order valence-electron chi connectivity index (χ1n) is 10.1. The van der Waals surface area contributed by atoms with Crippen LogP contribution in [0.5, 0.6) is 11.5 Å². The molecule has 1 saturated heterocycles.